The number of aromatic nitrogens is 2. The van der Waals surface area contributed by atoms with E-state index in [2.05, 4.69) is 22.2 Å². The van der Waals surface area contributed by atoms with Crippen LogP contribution in [0.1, 0.15) is 71.0 Å². The van der Waals surface area contributed by atoms with E-state index in [1.165, 1.54) is 5.56 Å². The van der Waals surface area contributed by atoms with Crippen LogP contribution >= 0.6 is 11.6 Å². The monoisotopic (exact) mass is 600 g/mol. The van der Waals surface area contributed by atoms with E-state index < -0.39 is 29.6 Å². The van der Waals surface area contributed by atoms with Crippen LogP contribution in [-0.2, 0) is 17.6 Å². The number of aromatic carboxylic acids is 1. The van der Waals surface area contributed by atoms with Gasteiger partial charge in [0.25, 0.3) is 0 Å². The number of carbonyl (C=O) groups excluding carboxylic acids is 1. The average molecular weight is 601 g/mol. The smallest absolute Gasteiger partial charge is 0.434 e. The molecule has 0 saturated carbocycles. The van der Waals surface area contributed by atoms with Crippen LogP contribution in [0.2, 0.25) is 5.02 Å². The Kier molecular flexibility index (Phi) is 8.40. The van der Waals surface area contributed by atoms with Gasteiger partial charge >= 0.3 is 12.1 Å². The molecule has 0 aliphatic carbocycles. The summed E-state index contributed by atoms with van der Waals surface area (Å²) in [5.41, 5.74) is 0.645. The molecule has 42 heavy (non-hydrogen) atoms. The van der Waals surface area contributed by atoms with Crippen molar-refractivity contribution in [2.75, 3.05) is 13.1 Å². The Hall–Kier alpha value is -4.12. The number of rotatable bonds is 7. The Morgan fingerprint density at radius 2 is 1.83 bits per heavy atom. The Labute approximate surface area is 245 Å². The van der Waals surface area contributed by atoms with E-state index in [0.717, 1.165) is 31.5 Å². The number of likely N-dealkylation sites (tertiary alicyclic amines) is 1. The summed E-state index contributed by atoms with van der Waals surface area (Å²) in [6, 6.07) is 13.1. The third-order valence-electron chi connectivity index (χ3n) is 7.49. The van der Waals surface area contributed by atoms with Crippen molar-refractivity contribution in [3.63, 3.8) is 0 Å². The summed E-state index contributed by atoms with van der Waals surface area (Å²) in [6.45, 7) is 3.33. The molecule has 12 heteroatoms. The van der Waals surface area contributed by atoms with E-state index in [0.29, 0.717) is 38.8 Å². The van der Waals surface area contributed by atoms with E-state index in [4.69, 9.17) is 16.3 Å². The summed E-state index contributed by atoms with van der Waals surface area (Å²) in [5, 5.41) is 13.4. The van der Waals surface area contributed by atoms with Gasteiger partial charge in [0.2, 0.25) is 5.91 Å². The van der Waals surface area contributed by atoms with Crippen LogP contribution in [0.15, 0.2) is 65.8 Å². The summed E-state index contributed by atoms with van der Waals surface area (Å²) >= 11 is 6.26. The SMILES string of the molecule is CC(=O)N1CCC(c2ccc(COc3ccc(Cl)cc3C3=NC(n4ncc(C(=O)O)c4C(F)(F)F)CC=C3)cc2)CC1. The van der Waals surface area contributed by atoms with Gasteiger partial charge in [0.1, 0.15) is 24.1 Å². The molecule has 1 amide bonds. The summed E-state index contributed by atoms with van der Waals surface area (Å²) in [7, 11) is 0. The normalized spacial score (nSPS) is 17.7. The number of hydrogen-bond acceptors (Lipinski definition) is 5. The molecule has 1 unspecified atom stereocenters. The summed E-state index contributed by atoms with van der Waals surface area (Å²) in [6.07, 6.45) is -0.127. The van der Waals surface area contributed by atoms with Gasteiger partial charge in [0.05, 0.1) is 11.9 Å². The lowest BCUT2D eigenvalue weighted by molar-refractivity contribution is -0.145. The number of alkyl halides is 3. The van der Waals surface area contributed by atoms with Crippen LogP contribution in [0, 0.1) is 0 Å². The van der Waals surface area contributed by atoms with Gasteiger partial charge in [-0.1, -0.05) is 41.9 Å². The number of piperidine rings is 1. The Balaban J connectivity index is 1.33. The molecular formula is C30H28ClF3N4O4. The molecule has 0 spiro atoms. The first-order chi connectivity index (χ1) is 20.0. The van der Waals surface area contributed by atoms with Crippen LogP contribution < -0.4 is 4.74 Å². The largest absolute Gasteiger partial charge is 0.488 e. The van der Waals surface area contributed by atoms with Crippen molar-refractivity contribution >= 4 is 29.2 Å². The first-order valence-corrected chi connectivity index (χ1v) is 13.8. The van der Waals surface area contributed by atoms with E-state index in [1.54, 1.807) is 37.3 Å². The fourth-order valence-corrected chi connectivity index (χ4v) is 5.47. The molecule has 8 nitrogen and oxygen atoms in total. The highest BCUT2D eigenvalue weighted by Gasteiger charge is 2.42. The Bertz CT molecular complexity index is 1540. The molecule has 2 aromatic carbocycles. The standard InChI is InChI=1S/C30H28ClF3N4O4/c1-18(39)37-13-11-21(12-14-37)20-7-5-19(6-8-20)17-42-26-10-9-22(31)15-23(26)25-3-2-4-27(36-25)38-28(30(32,33)34)24(16-35-38)29(40)41/h2-3,5-10,15-16,21,27H,4,11-14,17H2,1H3,(H,40,41). The van der Waals surface area contributed by atoms with Crippen LogP contribution in [-0.4, -0.2) is 50.5 Å². The first kappa shape index (κ1) is 29.4. The Morgan fingerprint density at radius 1 is 1.12 bits per heavy atom. The minimum absolute atomic E-state index is 0.0875. The summed E-state index contributed by atoms with van der Waals surface area (Å²) in [4.78, 5) is 29.4. The molecule has 2 aliphatic rings. The fraction of sp³-hybridized carbons (Fsp3) is 0.333. The molecule has 0 bridgehead atoms. The number of carbonyl (C=O) groups is 2. The lowest BCUT2D eigenvalue weighted by Crippen LogP contribution is -2.36. The van der Waals surface area contributed by atoms with Gasteiger partial charge in [-0.05, 0) is 54.2 Å². The van der Waals surface area contributed by atoms with Gasteiger partial charge in [0, 0.05) is 37.0 Å². The molecule has 5 rings (SSSR count). The second kappa shape index (κ2) is 12.0. The second-order valence-corrected chi connectivity index (χ2v) is 10.7. The van der Waals surface area contributed by atoms with E-state index in [9.17, 15) is 27.9 Å². The molecule has 2 aliphatic heterocycles. The first-order valence-electron chi connectivity index (χ1n) is 13.4. The van der Waals surface area contributed by atoms with Gasteiger partial charge < -0.3 is 14.7 Å². The molecular weight excluding hydrogens is 573 g/mol. The van der Waals surface area contributed by atoms with E-state index >= 15 is 0 Å². The second-order valence-electron chi connectivity index (χ2n) is 10.2. The summed E-state index contributed by atoms with van der Waals surface area (Å²) < 4.78 is 48.1. The zero-order valence-electron chi connectivity index (χ0n) is 22.6. The Morgan fingerprint density at radius 3 is 2.48 bits per heavy atom. The van der Waals surface area contributed by atoms with Crippen LogP contribution in [0.3, 0.4) is 0 Å². The van der Waals surface area contributed by atoms with Crippen molar-refractivity contribution in [1.29, 1.82) is 0 Å². The number of allylic oxidation sites excluding steroid dienone is 1. The number of amides is 1. The minimum Gasteiger partial charge on any atom is -0.488 e. The number of halogens is 4. The molecule has 0 radical (unpaired) electrons. The van der Waals surface area contributed by atoms with Crippen molar-refractivity contribution in [2.45, 2.75) is 51.1 Å². The predicted octanol–water partition coefficient (Wildman–Crippen LogP) is 6.51. The van der Waals surface area contributed by atoms with E-state index in [-0.39, 0.29) is 18.9 Å². The van der Waals surface area contributed by atoms with Crippen LogP contribution in [0.25, 0.3) is 0 Å². The van der Waals surface area contributed by atoms with Crippen molar-refractivity contribution < 1.29 is 32.6 Å². The van der Waals surface area contributed by atoms with Crippen molar-refractivity contribution in [3.05, 3.63) is 93.8 Å². The number of nitrogens with zero attached hydrogens (tertiary/aromatic N) is 4. The number of carboxylic acids is 1. The molecule has 1 atom stereocenters. The number of carboxylic acid groups (broad SMARTS) is 1. The maximum absolute atomic E-state index is 13.8. The van der Waals surface area contributed by atoms with Gasteiger partial charge in [0.15, 0.2) is 5.69 Å². The maximum Gasteiger partial charge on any atom is 0.434 e. The van der Waals surface area contributed by atoms with Crippen molar-refractivity contribution in [1.82, 2.24) is 14.7 Å². The maximum atomic E-state index is 13.8. The number of hydrogen-bond donors (Lipinski definition) is 1. The zero-order chi connectivity index (χ0) is 30.0. The lowest BCUT2D eigenvalue weighted by atomic mass is 9.89. The predicted molar refractivity (Wildman–Crippen MR) is 150 cm³/mol. The van der Waals surface area contributed by atoms with Crippen molar-refractivity contribution in [3.8, 4) is 5.75 Å². The third kappa shape index (κ3) is 6.35. The summed E-state index contributed by atoms with van der Waals surface area (Å²) in [5.74, 6) is -0.790. The molecule has 220 valence electrons. The molecule has 3 heterocycles. The number of ether oxygens (including phenoxy) is 1. The minimum atomic E-state index is -4.94. The van der Waals surface area contributed by atoms with Gasteiger partial charge in [-0.2, -0.15) is 18.3 Å². The highest BCUT2D eigenvalue weighted by Crippen LogP contribution is 2.36. The third-order valence-corrected chi connectivity index (χ3v) is 7.73. The van der Waals surface area contributed by atoms with E-state index in [1.807, 2.05) is 17.0 Å². The number of aliphatic imine (C=N–C) groups is 1. The number of benzene rings is 2. The number of dihydropyridines is 1. The van der Waals surface area contributed by atoms with Gasteiger partial charge in [-0.3, -0.25) is 9.79 Å². The quantitative estimate of drug-likeness (QED) is 0.334. The van der Waals surface area contributed by atoms with Gasteiger partial charge in [-0.15, -0.1) is 0 Å². The topological polar surface area (TPSA) is 97.0 Å². The van der Waals surface area contributed by atoms with Gasteiger partial charge in [-0.25, -0.2) is 9.48 Å². The van der Waals surface area contributed by atoms with Crippen LogP contribution in [0.4, 0.5) is 13.2 Å². The zero-order valence-corrected chi connectivity index (χ0v) is 23.4. The molecule has 1 fully saturated rings. The molecule has 1 aromatic heterocycles. The highest BCUT2D eigenvalue weighted by molar-refractivity contribution is 6.31. The molecule has 1 N–H and O–H groups in total. The molecule has 1 saturated heterocycles. The van der Waals surface area contributed by atoms with Crippen LogP contribution in [0.5, 0.6) is 5.75 Å². The highest BCUT2D eigenvalue weighted by atomic mass is 35.5. The lowest BCUT2D eigenvalue weighted by Gasteiger charge is -2.31. The fourth-order valence-electron chi connectivity index (χ4n) is 5.30. The van der Waals surface area contributed by atoms with Crippen molar-refractivity contribution in [2.24, 2.45) is 4.99 Å². The molecule has 3 aromatic rings. The average Bonchev–Trinajstić information content (AvgIpc) is 3.44.